The first-order chi connectivity index (χ1) is 10.5. The minimum atomic E-state index is -3.54. The second-order valence-electron chi connectivity index (χ2n) is 5.00. The lowest BCUT2D eigenvalue weighted by molar-refractivity contribution is -0.136. The Morgan fingerprint density at radius 3 is 2.50 bits per heavy atom. The second kappa shape index (κ2) is 7.68. The van der Waals surface area contributed by atoms with Crippen LogP contribution < -0.4 is 4.72 Å². The monoisotopic (exact) mass is 328 g/mol. The highest BCUT2D eigenvalue weighted by Gasteiger charge is 2.23. The molecule has 0 aliphatic carbocycles. The number of hydrogen-bond donors (Lipinski definition) is 2. The van der Waals surface area contributed by atoms with E-state index in [1.165, 1.54) is 4.31 Å². The van der Waals surface area contributed by atoms with Crippen molar-refractivity contribution in [2.45, 2.75) is 19.4 Å². The fraction of sp³-hybridized carbons (Fsp3) is 0.500. The molecule has 1 aromatic carbocycles. The van der Waals surface area contributed by atoms with Crippen LogP contribution in [0.25, 0.3) is 0 Å². The van der Waals surface area contributed by atoms with Crippen molar-refractivity contribution in [3.8, 4) is 0 Å². The highest BCUT2D eigenvalue weighted by Crippen LogP contribution is 2.12. The predicted molar refractivity (Wildman–Crippen MR) is 80.6 cm³/mol. The molecule has 0 bridgehead atoms. The average Bonchev–Trinajstić information content (AvgIpc) is 2.52. The van der Waals surface area contributed by atoms with Crippen molar-refractivity contribution in [2.75, 3.05) is 26.3 Å². The van der Waals surface area contributed by atoms with Gasteiger partial charge in [-0.1, -0.05) is 24.3 Å². The lowest BCUT2D eigenvalue weighted by Crippen LogP contribution is -2.46. The number of morpholine rings is 1. The maximum atomic E-state index is 12.2. The van der Waals surface area contributed by atoms with E-state index >= 15 is 0 Å². The molecule has 1 aliphatic rings. The number of hydrogen-bond acceptors (Lipinski definition) is 4. The zero-order valence-corrected chi connectivity index (χ0v) is 13.0. The Morgan fingerprint density at radius 1 is 1.23 bits per heavy atom. The molecule has 122 valence electrons. The molecule has 7 nitrogen and oxygen atoms in total. The molecule has 0 amide bonds. The van der Waals surface area contributed by atoms with E-state index in [0.717, 1.165) is 11.1 Å². The first kappa shape index (κ1) is 16.9. The summed E-state index contributed by atoms with van der Waals surface area (Å²) < 4.78 is 33.5. The van der Waals surface area contributed by atoms with Crippen LogP contribution in [0.1, 0.15) is 17.5 Å². The maximum absolute atomic E-state index is 12.2. The van der Waals surface area contributed by atoms with Crippen LogP contribution in [0.5, 0.6) is 0 Å². The predicted octanol–water partition coefficient (Wildman–Crippen LogP) is 0.370. The summed E-state index contributed by atoms with van der Waals surface area (Å²) in [7, 11) is -3.54. The fourth-order valence-electron chi connectivity index (χ4n) is 2.26. The van der Waals surface area contributed by atoms with E-state index in [9.17, 15) is 13.2 Å². The van der Waals surface area contributed by atoms with Gasteiger partial charge in [0.05, 0.1) is 13.2 Å². The Labute approximate surface area is 130 Å². The molecule has 1 aliphatic heterocycles. The minimum Gasteiger partial charge on any atom is -0.481 e. The number of aryl methyl sites for hydroxylation is 1. The molecule has 0 atom stereocenters. The molecule has 0 unspecified atom stereocenters. The SMILES string of the molecule is O=C(O)CCc1ccccc1CNS(=O)(=O)N1CCOCC1. The van der Waals surface area contributed by atoms with Crippen LogP contribution in [-0.2, 0) is 32.7 Å². The Bertz CT molecular complexity index is 611. The first-order valence-electron chi connectivity index (χ1n) is 7.10. The third-order valence-corrected chi connectivity index (χ3v) is 5.04. The van der Waals surface area contributed by atoms with E-state index < -0.39 is 16.2 Å². The summed E-state index contributed by atoms with van der Waals surface area (Å²) in [6, 6.07) is 7.25. The molecule has 0 aromatic heterocycles. The second-order valence-corrected chi connectivity index (χ2v) is 6.76. The topological polar surface area (TPSA) is 95.9 Å². The van der Waals surface area contributed by atoms with Crippen molar-refractivity contribution in [1.29, 1.82) is 0 Å². The third-order valence-electron chi connectivity index (χ3n) is 3.48. The molecule has 1 saturated heterocycles. The molecule has 0 radical (unpaired) electrons. The number of carboxylic acid groups (broad SMARTS) is 1. The van der Waals surface area contributed by atoms with Crippen molar-refractivity contribution in [2.24, 2.45) is 0 Å². The molecule has 1 heterocycles. The molecule has 22 heavy (non-hydrogen) atoms. The highest BCUT2D eigenvalue weighted by molar-refractivity contribution is 7.87. The van der Waals surface area contributed by atoms with Crippen molar-refractivity contribution in [3.05, 3.63) is 35.4 Å². The Kier molecular flexibility index (Phi) is 5.90. The number of benzene rings is 1. The van der Waals surface area contributed by atoms with E-state index in [1.54, 1.807) is 6.07 Å². The van der Waals surface area contributed by atoms with Gasteiger partial charge in [-0.25, -0.2) is 0 Å². The van der Waals surface area contributed by atoms with Crippen molar-refractivity contribution in [1.82, 2.24) is 9.03 Å². The average molecular weight is 328 g/mol. The van der Waals surface area contributed by atoms with Crippen LogP contribution >= 0.6 is 0 Å². The van der Waals surface area contributed by atoms with Crippen LogP contribution in [0.15, 0.2) is 24.3 Å². The standard InChI is InChI=1S/C14H20N2O5S/c17-14(18)6-5-12-3-1-2-4-13(12)11-15-22(19,20)16-7-9-21-10-8-16/h1-4,15H,5-11H2,(H,17,18). The number of nitrogens with zero attached hydrogens (tertiary/aromatic N) is 1. The number of nitrogens with one attached hydrogen (secondary N) is 1. The summed E-state index contributed by atoms with van der Waals surface area (Å²) in [5, 5.41) is 8.77. The summed E-state index contributed by atoms with van der Waals surface area (Å²) in [4.78, 5) is 10.7. The zero-order chi connectivity index (χ0) is 16.0. The molecule has 2 rings (SSSR count). The van der Waals surface area contributed by atoms with Crippen LogP contribution in [0.2, 0.25) is 0 Å². The fourth-order valence-corrected chi connectivity index (χ4v) is 3.41. The van der Waals surface area contributed by atoms with Crippen LogP contribution in [0.4, 0.5) is 0 Å². The van der Waals surface area contributed by atoms with Crippen LogP contribution in [0, 0.1) is 0 Å². The molecular formula is C14H20N2O5S. The maximum Gasteiger partial charge on any atom is 0.303 e. The summed E-state index contributed by atoms with van der Waals surface area (Å²) in [6.07, 6.45) is 0.401. The quantitative estimate of drug-likeness (QED) is 0.754. The van der Waals surface area contributed by atoms with Gasteiger partial charge in [-0.15, -0.1) is 0 Å². The van der Waals surface area contributed by atoms with Gasteiger partial charge in [-0.3, -0.25) is 4.79 Å². The van der Waals surface area contributed by atoms with Crippen LogP contribution in [-0.4, -0.2) is 50.1 Å². The minimum absolute atomic E-state index is 0.0211. The lowest BCUT2D eigenvalue weighted by atomic mass is 10.0. The largest absolute Gasteiger partial charge is 0.481 e. The van der Waals surface area contributed by atoms with E-state index in [4.69, 9.17) is 9.84 Å². The van der Waals surface area contributed by atoms with Gasteiger partial charge < -0.3 is 9.84 Å². The van der Waals surface area contributed by atoms with Gasteiger partial charge in [0.1, 0.15) is 0 Å². The van der Waals surface area contributed by atoms with Crippen LogP contribution in [0.3, 0.4) is 0 Å². The van der Waals surface area contributed by atoms with E-state index in [-0.39, 0.29) is 13.0 Å². The summed E-state index contributed by atoms with van der Waals surface area (Å²) in [5.74, 6) is -0.872. The van der Waals surface area contributed by atoms with Gasteiger partial charge in [-0.05, 0) is 17.5 Å². The van der Waals surface area contributed by atoms with Crippen molar-refractivity contribution < 1.29 is 23.1 Å². The van der Waals surface area contributed by atoms with Gasteiger partial charge in [0, 0.05) is 26.1 Å². The Hall–Kier alpha value is -1.48. The number of rotatable bonds is 7. The number of carboxylic acids is 1. The molecule has 0 saturated carbocycles. The molecule has 8 heteroatoms. The van der Waals surface area contributed by atoms with E-state index in [1.807, 2.05) is 18.2 Å². The molecule has 1 fully saturated rings. The van der Waals surface area contributed by atoms with Crippen molar-refractivity contribution in [3.63, 3.8) is 0 Å². The van der Waals surface area contributed by atoms with Gasteiger partial charge in [-0.2, -0.15) is 17.4 Å². The number of ether oxygens (including phenoxy) is 1. The Morgan fingerprint density at radius 2 is 1.86 bits per heavy atom. The van der Waals surface area contributed by atoms with Gasteiger partial charge in [0.15, 0.2) is 0 Å². The van der Waals surface area contributed by atoms with Gasteiger partial charge >= 0.3 is 5.97 Å². The van der Waals surface area contributed by atoms with E-state index in [0.29, 0.717) is 32.7 Å². The molecular weight excluding hydrogens is 308 g/mol. The lowest BCUT2D eigenvalue weighted by Gasteiger charge is -2.26. The molecule has 2 N–H and O–H groups in total. The zero-order valence-electron chi connectivity index (χ0n) is 12.2. The normalized spacial score (nSPS) is 16.5. The first-order valence-corrected chi connectivity index (χ1v) is 8.54. The van der Waals surface area contributed by atoms with Gasteiger partial charge in [0.25, 0.3) is 10.2 Å². The van der Waals surface area contributed by atoms with Crippen molar-refractivity contribution >= 4 is 16.2 Å². The number of carbonyl (C=O) groups is 1. The third kappa shape index (κ3) is 4.77. The van der Waals surface area contributed by atoms with E-state index in [2.05, 4.69) is 4.72 Å². The molecule has 0 spiro atoms. The van der Waals surface area contributed by atoms with Gasteiger partial charge in [0.2, 0.25) is 0 Å². The smallest absolute Gasteiger partial charge is 0.303 e. The summed E-state index contributed by atoms with van der Waals surface area (Å²) in [5.41, 5.74) is 1.63. The summed E-state index contributed by atoms with van der Waals surface area (Å²) in [6.45, 7) is 1.63. The number of aliphatic carboxylic acids is 1. The molecule has 1 aromatic rings. The Balaban J connectivity index is 1.99. The highest BCUT2D eigenvalue weighted by atomic mass is 32.2. The summed E-state index contributed by atoms with van der Waals surface area (Å²) >= 11 is 0.